The Hall–Kier alpha value is -7.51. The number of unbranched alkanes of at least 4 members (excludes halogenated alkanes) is 2. The van der Waals surface area contributed by atoms with Crippen LogP contribution in [0.2, 0.25) is 0 Å². The van der Waals surface area contributed by atoms with Gasteiger partial charge in [-0.25, -0.2) is 9.18 Å². The Kier molecular flexibility index (Phi) is 29.1. The number of piperidine rings is 2. The van der Waals surface area contributed by atoms with Crippen molar-refractivity contribution in [3.05, 3.63) is 190 Å². The molecule has 6 aromatic rings. The lowest BCUT2D eigenvalue weighted by Gasteiger charge is -2.44. The van der Waals surface area contributed by atoms with Crippen LogP contribution in [0.5, 0.6) is 0 Å². The Labute approximate surface area is 611 Å². The third-order valence-corrected chi connectivity index (χ3v) is 20.3. The summed E-state index contributed by atoms with van der Waals surface area (Å²) < 4.78 is 110. The molecule has 1 spiro atoms. The molecule has 0 bridgehead atoms. The van der Waals surface area contributed by atoms with Gasteiger partial charge >= 0.3 is 18.4 Å². The van der Waals surface area contributed by atoms with E-state index in [1.807, 2.05) is 112 Å². The van der Waals surface area contributed by atoms with Crippen molar-refractivity contribution < 1.29 is 69.3 Å². The molecule has 10 rings (SSSR count). The summed E-state index contributed by atoms with van der Waals surface area (Å²) in [4.78, 5) is 79.6. The fourth-order valence-corrected chi connectivity index (χ4v) is 14.5. The van der Waals surface area contributed by atoms with E-state index in [-0.39, 0.29) is 98.8 Å². The smallest absolute Gasteiger partial charge is 0.416 e. The number of likely N-dealkylation sites (N-methyl/N-ethyl adjacent to an activating group) is 2. The van der Waals surface area contributed by atoms with E-state index in [4.69, 9.17) is 9.47 Å². The van der Waals surface area contributed by atoms with E-state index < -0.39 is 64.6 Å². The summed E-state index contributed by atoms with van der Waals surface area (Å²) in [7, 11) is 3.57. The maximum Gasteiger partial charge on any atom is 0.416 e. The van der Waals surface area contributed by atoms with Gasteiger partial charge in [0.2, 0.25) is 11.8 Å². The van der Waals surface area contributed by atoms with Crippen molar-refractivity contribution in [2.24, 2.45) is 0 Å². The summed E-state index contributed by atoms with van der Waals surface area (Å²) in [5, 5.41) is 13.8. The van der Waals surface area contributed by atoms with Crippen molar-refractivity contribution in [3.8, 4) is 11.1 Å². The normalized spacial score (nSPS) is 17.6. The zero-order valence-corrected chi connectivity index (χ0v) is 60.3. The Morgan fingerprint density at radius 2 is 1.29 bits per heavy atom. The molecule has 102 heavy (non-hydrogen) atoms. The van der Waals surface area contributed by atoms with Crippen molar-refractivity contribution in [2.75, 3.05) is 110 Å². The van der Waals surface area contributed by atoms with Crippen LogP contribution in [0.1, 0.15) is 127 Å². The molecule has 3 heterocycles. The molecule has 1 aliphatic carbocycles. The second-order valence-electron chi connectivity index (χ2n) is 27.0. The van der Waals surface area contributed by atoms with Crippen LogP contribution in [0.3, 0.4) is 0 Å². The first kappa shape index (κ1) is 81.8. The lowest BCUT2D eigenvalue weighted by Crippen LogP contribution is -2.50. The number of amides is 5. The van der Waals surface area contributed by atoms with Gasteiger partial charge in [0, 0.05) is 113 Å². The van der Waals surface area contributed by atoms with E-state index in [0.717, 1.165) is 71.7 Å². The first-order chi connectivity index (χ1) is 47.3. The van der Waals surface area contributed by atoms with Gasteiger partial charge < -0.3 is 49.3 Å². The quantitative estimate of drug-likeness (QED) is 0.0373. The van der Waals surface area contributed by atoms with Gasteiger partial charge in [0.05, 0.1) is 29.5 Å². The van der Waals surface area contributed by atoms with Crippen LogP contribution < -0.4 is 10.2 Å². The van der Waals surface area contributed by atoms with Gasteiger partial charge in [-0.3, -0.25) is 24.1 Å². The first-order valence-corrected chi connectivity index (χ1v) is 34.3. The second kappa shape index (κ2) is 36.3. The number of anilines is 2. The van der Waals surface area contributed by atoms with Crippen molar-refractivity contribution in [1.82, 2.24) is 29.4 Å². The molecular formula is C76H92Cl3F7N8O8. The van der Waals surface area contributed by atoms with E-state index in [1.54, 1.807) is 21.7 Å². The molecule has 4 aliphatic rings. The number of carbonyl (C=O) groups excluding carboxylic acids is 4. The minimum Gasteiger partial charge on any atom is -0.465 e. The zero-order chi connectivity index (χ0) is 70.7. The minimum absolute atomic E-state index is 0. The molecule has 3 aliphatic heterocycles. The molecule has 2 N–H and O–H groups in total. The average molecular weight is 1480 g/mol. The van der Waals surface area contributed by atoms with Crippen LogP contribution in [0.15, 0.2) is 146 Å². The fraction of sp³-hybridized carbons (Fsp3) is 0.461. The SMILES string of the molecule is CC(C)N(CCCN(C)C(=O)CO[C@H]1Cc2ccccc2C12CCN(CC[C@@]1(c3ccc(F)cc3)CN(C(=O)c3cc(C(F)(F)F)cc(C(F)(F)F)c3)CO1)CC2)C(=O)c1ccc(NCCCCCC(=O)N(C)CCN2CCC(N(C(=O)O)c3ccccc3-c3ccccc3)CC2)cc1.Cl.Cl.Cl. The summed E-state index contributed by atoms with van der Waals surface area (Å²) in [5.74, 6) is -1.81. The van der Waals surface area contributed by atoms with E-state index >= 15 is 0 Å². The van der Waals surface area contributed by atoms with Gasteiger partial charge in [0.25, 0.3) is 11.8 Å². The average Bonchev–Trinajstić information content (AvgIpc) is 1.58. The van der Waals surface area contributed by atoms with E-state index in [9.17, 15) is 59.8 Å². The van der Waals surface area contributed by atoms with Crippen molar-refractivity contribution in [3.63, 3.8) is 0 Å². The predicted octanol–water partition coefficient (Wildman–Crippen LogP) is 15.0. The highest BCUT2D eigenvalue weighted by Gasteiger charge is 2.50. The molecule has 0 radical (unpaired) electrons. The standard InChI is InChI=1S/C76H89F7N8O8.3ClH/c1-53(2)90(71(95)55-23-29-62(30-24-55)84-36-14-6-9-22-68(92)86(4)44-45-87-39-31-63(32-40-87)91(72(96)97)66-21-13-11-19-64(66)54-16-7-5-8-17-54)38-15-37-85(3)69(93)50-98-67-48-56-18-10-12-20-65(56)73(67)33-41-88(42-34-73)43-35-74(58-25-27-61(77)28-26-58)51-89(52-99-74)70(94)57-46-59(75(78,79)80)49-60(47-57)76(81,82)83;;;/h5,7-8,10-13,16-21,23-30,46-47,49,53,63,67,84H,6,9,14-15,22,31-45,48,50-52H2,1-4H3,(H,96,97);3*1H/t67-,74-;;;/m0.../s1. The van der Waals surface area contributed by atoms with Crippen LogP contribution in [-0.2, 0) is 48.9 Å². The summed E-state index contributed by atoms with van der Waals surface area (Å²) in [5.41, 5.74) is 1.08. The lowest BCUT2D eigenvalue weighted by atomic mass is 9.72. The fourth-order valence-electron chi connectivity index (χ4n) is 14.5. The van der Waals surface area contributed by atoms with E-state index in [0.29, 0.717) is 120 Å². The Bertz CT molecular complexity index is 3720. The van der Waals surface area contributed by atoms with Crippen LogP contribution >= 0.6 is 37.2 Å². The monoisotopic (exact) mass is 1480 g/mol. The third-order valence-electron chi connectivity index (χ3n) is 20.3. The van der Waals surface area contributed by atoms with Crippen molar-refractivity contribution in [1.29, 1.82) is 0 Å². The van der Waals surface area contributed by atoms with Gasteiger partial charge in [-0.1, -0.05) is 91.3 Å². The number of nitrogens with one attached hydrogen (secondary N) is 1. The maximum absolute atomic E-state index is 14.3. The molecule has 16 nitrogen and oxygen atoms in total. The summed E-state index contributed by atoms with van der Waals surface area (Å²) in [6.45, 7) is 9.08. The highest BCUT2D eigenvalue weighted by Crippen LogP contribution is 2.49. The summed E-state index contributed by atoms with van der Waals surface area (Å²) in [6, 6.07) is 39.0. The van der Waals surface area contributed by atoms with Gasteiger partial charge in [0.1, 0.15) is 24.8 Å². The van der Waals surface area contributed by atoms with Crippen molar-refractivity contribution in [2.45, 2.75) is 126 Å². The van der Waals surface area contributed by atoms with Gasteiger partial charge in [0.15, 0.2) is 0 Å². The van der Waals surface area contributed by atoms with E-state index in [1.165, 1.54) is 29.2 Å². The number of ether oxygens (including phenoxy) is 2. The number of alkyl halides is 6. The number of halogens is 10. The van der Waals surface area contributed by atoms with Crippen LogP contribution in [0, 0.1) is 5.82 Å². The number of rotatable bonds is 27. The molecule has 5 amide bonds. The number of nitrogens with zero attached hydrogens (tertiary/aromatic N) is 7. The zero-order valence-electron chi connectivity index (χ0n) is 57.9. The molecule has 0 aromatic heterocycles. The van der Waals surface area contributed by atoms with Crippen molar-refractivity contribution >= 4 is 78.3 Å². The third kappa shape index (κ3) is 20.1. The molecule has 3 fully saturated rings. The molecule has 0 unspecified atom stereocenters. The highest BCUT2D eigenvalue weighted by atomic mass is 35.5. The maximum atomic E-state index is 14.3. The lowest BCUT2D eigenvalue weighted by molar-refractivity contribution is -0.143. The number of hydrogen-bond acceptors (Lipinski definition) is 10. The Morgan fingerprint density at radius 1 is 0.676 bits per heavy atom. The Morgan fingerprint density at radius 3 is 1.94 bits per heavy atom. The number of benzene rings is 6. The predicted molar refractivity (Wildman–Crippen MR) is 386 cm³/mol. The molecule has 0 saturated carbocycles. The van der Waals surface area contributed by atoms with E-state index in [2.05, 4.69) is 27.2 Å². The van der Waals surface area contributed by atoms with Gasteiger partial charge in [-0.15, -0.1) is 37.2 Å². The number of carboxylic acid groups (broad SMARTS) is 1. The number of para-hydroxylation sites is 1. The minimum atomic E-state index is -5.15. The molecule has 554 valence electrons. The number of hydrogen-bond donors (Lipinski definition) is 2. The van der Waals surface area contributed by atoms with Crippen LogP contribution in [-0.4, -0.2) is 182 Å². The molecule has 2 atom stereocenters. The molecule has 3 saturated heterocycles. The largest absolute Gasteiger partial charge is 0.465 e. The number of likely N-dealkylation sites (tertiary alicyclic amines) is 2. The molecule has 26 heteroatoms. The summed E-state index contributed by atoms with van der Waals surface area (Å²) in [6.07, 6.45) is -4.48. The molecular weight excluding hydrogens is 1390 g/mol. The van der Waals surface area contributed by atoms with Gasteiger partial charge in [-0.05, 0) is 168 Å². The Balaban J connectivity index is 0.00000486. The number of fused-ring (bicyclic) bond motifs is 2. The number of carbonyl (C=O) groups is 5. The van der Waals surface area contributed by atoms with Gasteiger partial charge in [-0.2, -0.15) is 26.3 Å². The highest BCUT2D eigenvalue weighted by molar-refractivity contribution is 5.96. The second-order valence-corrected chi connectivity index (χ2v) is 27.0. The molecule has 6 aromatic carbocycles. The summed E-state index contributed by atoms with van der Waals surface area (Å²) >= 11 is 0. The van der Waals surface area contributed by atoms with Crippen LogP contribution in [0.25, 0.3) is 11.1 Å². The first-order valence-electron chi connectivity index (χ1n) is 34.3. The van der Waals surface area contributed by atoms with Crippen LogP contribution in [0.4, 0.5) is 46.9 Å². The topological polar surface area (TPSA) is 159 Å².